The van der Waals surface area contributed by atoms with E-state index in [9.17, 15) is 45.6 Å². The van der Waals surface area contributed by atoms with Gasteiger partial charge in [0, 0.05) is 18.3 Å². The first-order valence-corrected chi connectivity index (χ1v) is 18.7. The van der Waals surface area contributed by atoms with Crippen LogP contribution in [0.15, 0.2) is 0 Å². The van der Waals surface area contributed by atoms with Crippen LogP contribution in [0.3, 0.4) is 0 Å². The largest absolute Gasteiger partial charge is 0.432 e. The van der Waals surface area contributed by atoms with Crippen LogP contribution in [0.5, 0.6) is 0 Å². The molecule has 12 nitrogen and oxygen atoms in total. The molecule has 0 unspecified atom stereocenters. The average molecular weight is 697 g/mol. The van der Waals surface area contributed by atoms with Gasteiger partial charge in [-0.2, -0.15) is 0 Å². The highest BCUT2D eigenvalue weighted by Crippen LogP contribution is 2.89. The number of aliphatic hydroxyl groups is 8. The van der Waals surface area contributed by atoms with E-state index in [0.29, 0.717) is 24.7 Å². The molecule has 0 aromatic rings. The molecule has 0 amide bonds. The molecule has 8 N–H and O–H groups in total. The van der Waals surface area contributed by atoms with Crippen molar-refractivity contribution in [2.75, 3.05) is 6.61 Å². The van der Waals surface area contributed by atoms with Gasteiger partial charge in [-0.15, -0.1) is 0 Å². The van der Waals surface area contributed by atoms with E-state index >= 15 is 0 Å². The van der Waals surface area contributed by atoms with Gasteiger partial charge in [-0.25, -0.2) is 0 Å². The van der Waals surface area contributed by atoms with Crippen molar-refractivity contribution < 1.29 is 59.9 Å². The summed E-state index contributed by atoms with van der Waals surface area (Å²) in [6.07, 6.45) is -4.93. The van der Waals surface area contributed by atoms with Crippen molar-refractivity contribution in [3.8, 4) is 0 Å². The molecule has 2 saturated heterocycles. The number of rotatable bonds is 6. The Kier molecular flexibility index (Phi) is 8.57. The second-order valence-electron chi connectivity index (χ2n) is 18.4. The third kappa shape index (κ3) is 4.48. The zero-order valence-corrected chi connectivity index (χ0v) is 29.9. The average Bonchev–Trinajstić information content (AvgIpc) is 3.54. The second kappa shape index (κ2) is 11.5. The quantitative estimate of drug-likeness (QED) is 0.185. The van der Waals surface area contributed by atoms with Gasteiger partial charge in [0.2, 0.25) is 6.29 Å². The van der Waals surface area contributed by atoms with Gasteiger partial charge in [-0.05, 0) is 97.7 Å². The summed E-state index contributed by atoms with van der Waals surface area (Å²) in [7, 11) is 0. The fraction of sp³-hybridized carbons (Fsp3) is 0.973. The Hall–Kier alpha value is -0.930. The third-order valence-corrected chi connectivity index (χ3v) is 16.8. The molecule has 2 spiro atoms. The highest BCUT2D eigenvalue weighted by atomic mass is 16.7. The van der Waals surface area contributed by atoms with Crippen molar-refractivity contribution in [1.29, 1.82) is 0 Å². The van der Waals surface area contributed by atoms with Crippen LogP contribution < -0.4 is 0 Å². The van der Waals surface area contributed by atoms with Crippen LogP contribution in [0.25, 0.3) is 0 Å². The standard InChI is InChI=1S/C37H60O12/c1-17(2)37(46)14-20(48-31(37)45)18(3)19-9-10-33(5)22-7-8-23-34(6,30(44)49-29-28(43)27(42)26(41)21(15-38)47-29)24(39)13-25(40)36(23)16-35(22,36)12-11-32(19,33)4/h17-29,31,38-43,45-46H,7-16H2,1-6H3/t18-,19+,20-,21+,22-,23-,24-,25-,26+,27-,28+,29-,31-,32+,33-,34-,35-,36+,37-/m0/s1. The summed E-state index contributed by atoms with van der Waals surface area (Å²) in [6.45, 7) is 11.9. The van der Waals surface area contributed by atoms with Crippen LogP contribution in [-0.4, -0.2) is 114 Å². The van der Waals surface area contributed by atoms with E-state index in [0.717, 1.165) is 38.5 Å². The van der Waals surface area contributed by atoms with Crippen LogP contribution in [0.4, 0.5) is 0 Å². The van der Waals surface area contributed by atoms with E-state index in [1.807, 2.05) is 13.8 Å². The number of esters is 1. The topological polar surface area (TPSA) is 207 Å². The van der Waals surface area contributed by atoms with Gasteiger partial charge in [0.25, 0.3) is 0 Å². The minimum atomic E-state index is -1.75. The van der Waals surface area contributed by atoms with Gasteiger partial charge < -0.3 is 55.1 Å². The summed E-state index contributed by atoms with van der Waals surface area (Å²) in [6, 6.07) is 0. The zero-order chi connectivity index (χ0) is 35.9. The fourth-order valence-corrected chi connectivity index (χ4v) is 13.5. The van der Waals surface area contributed by atoms with Crippen molar-refractivity contribution >= 4 is 5.97 Å². The molecule has 7 fully saturated rings. The first kappa shape index (κ1) is 36.4. The molecule has 7 aliphatic rings. The predicted molar refractivity (Wildman–Crippen MR) is 173 cm³/mol. The maximum atomic E-state index is 14.1. The van der Waals surface area contributed by atoms with E-state index in [1.54, 1.807) is 6.92 Å². The first-order chi connectivity index (χ1) is 22.8. The number of aliphatic hydroxyl groups excluding tert-OH is 7. The Morgan fingerprint density at radius 3 is 2.14 bits per heavy atom. The van der Waals surface area contributed by atoms with Crippen molar-refractivity contribution in [2.24, 2.45) is 56.7 Å². The van der Waals surface area contributed by atoms with Crippen LogP contribution in [0.2, 0.25) is 0 Å². The maximum absolute atomic E-state index is 14.1. The van der Waals surface area contributed by atoms with Crippen molar-refractivity contribution in [2.45, 2.75) is 160 Å². The molecule has 0 bridgehead atoms. The molecule has 0 radical (unpaired) electrons. The molecule has 19 atom stereocenters. The molecule has 0 aromatic heterocycles. The van der Waals surface area contributed by atoms with Gasteiger partial charge in [-0.3, -0.25) is 4.79 Å². The predicted octanol–water partition coefficient (Wildman–Crippen LogP) is 1.21. The van der Waals surface area contributed by atoms with E-state index < -0.39 is 84.1 Å². The van der Waals surface area contributed by atoms with Crippen molar-refractivity contribution in [3.63, 3.8) is 0 Å². The van der Waals surface area contributed by atoms with Crippen LogP contribution in [0, 0.1) is 56.7 Å². The minimum absolute atomic E-state index is 0.0129. The summed E-state index contributed by atoms with van der Waals surface area (Å²) in [5.74, 6) is -0.568. The Labute approximate surface area is 289 Å². The molecule has 0 aromatic carbocycles. The Balaban J connectivity index is 1.14. The first-order valence-electron chi connectivity index (χ1n) is 18.7. The van der Waals surface area contributed by atoms with Gasteiger partial charge in [-0.1, -0.05) is 34.6 Å². The highest BCUT2D eigenvalue weighted by Gasteiger charge is 2.86. The van der Waals surface area contributed by atoms with Crippen LogP contribution >= 0.6 is 0 Å². The minimum Gasteiger partial charge on any atom is -0.432 e. The van der Waals surface area contributed by atoms with Gasteiger partial charge in [0.1, 0.15) is 30.0 Å². The molecule has 280 valence electrons. The van der Waals surface area contributed by atoms with E-state index in [2.05, 4.69) is 20.8 Å². The summed E-state index contributed by atoms with van der Waals surface area (Å²) < 4.78 is 17.3. The Bertz CT molecular complexity index is 1310. The molecule has 2 aliphatic heterocycles. The lowest BCUT2D eigenvalue weighted by atomic mass is 9.41. The molecule has 49 heavy (non-hydrogen) atoms. The Morgan fingerprint density at radius 2 is 1.51 bits per heavy atom. The molecule has 2 heterocycles. The molecule has 5 saturated carbocycles. The summed E-state index contributed by atoms with van der Waals surface area (Å²) >= 11 is 0. The smallest absolute Gasteiger partial charge is 0.317 e. The number of ether oxygens (including phenoxy) is 3. The maximum Gasteiger partial charge on any atom is 0.317 e. The number of hydrogen-bond donors (Lipinski definition) is 8. The number of carbonyl (C=O) groups excluding carboxylic acids is 1. The highest BCUT2D eigenvalue weighted by molar-refractivity contribution is 5.78. The molecular weight excluding hydrogens is 636 g/mol. The molecule has 7 rings (SSSR count). The zero-order valence-electron chi connectivity index (χ0n) is 29.9. The van der Waals surface area contributed by atoms with Crippen molar-refractivity contribution in [3.05, 3.63) is 0 Å². The fourth-order valence-electron chi connectivity index (χ4n) is 13.5. The lowest BCUT2D eigenvalue weighted by Crippen LogP contribution is -2.65. The van der Waals surface area contributed by atoms with E-state index in [-0.39, 0.29) is 40.6 Å². The van der Waals surface area contributed by atoms with Crippen LogP contribution in [0.1, 0.15) is 99.3 Å². The second-order valence-corrected chi connectivity index (χ2v) is 18.4. The molecule has 5 aliphatic carbocycles. The SMILES string of the molecule is CC(C)[C@@]1(O)C[C@@H]([C@@H](C)[C@H]2CC[C@@]3(C)[C@@H]4CC[C@H]5[C@](C)(C(=O)O[C@@H]6O[C@H](CO)[C@@H](O)[C@H](O)[C@H]6O)[C@@H](O)C[C@H](O)[C@@]56C[C@@]46CC[C@]23C)O[C@@H]1O. The summed E-state index contributed by atoms with van der Waals surface area (Å²) in [4.78, 5) is 14.1. The number of hydrogen-bond acceptors (Lipinski definition) is 12. The monoisotopic (exact) mass is 696 g/mol. The van der Waals surface area contributed by atoms with Crippen LogP contribution in [-0.2, 0) is 19.0 Å². The van der Waals surface area contributed by atoms with Gasteiger partial charge in [0.05, 0.1) is 30.3 Å². The molecule has 12 heteroatoms. The number of carbonyl (C=O) groups is 1. The van der Waals surface area contributed by atoms with Gasteiger partial charge >= 0.3 is 5.97 Å². The number of fused-ring (bicyclic) bond motifs is 2. The summed E-state index contributed by atoms with van der Waals surface area (Å²) in [5.41, 5.74) is -3.56. The van der Waals surface area contributed by atoms with E-state index in [4.69, 9.17) is 14.2 Å². The lowest BCUT2D eigenvalue weighted by Gasteiger charge is -2.64. The summed E-state index contributed by atoms with van der Waals surface area (Å²) in [5, 5.41) is 86.1. The van der Waals surface area contributed by atoms with Gasteiger partial charge in [0.15, 0.2) is 6.29 Å². The van der Waals surface area contributed by atoms with E-state index in [1.165, 1.54) is 0 Å². The third-order valence-electron chi connectivity index (χ3n) is 16.8. The lowest BCUT2D eigenvalue weighted by molar-refractivity contribution is -0.300. The Morgan fingerprint density at radius 1 is 0.837 bits per heavy atom. The van der Waals surface area contributed by atoms with Crippen molar-refractivity contribution in [1.82, 2.24) is 0 Å². The molecular formula is C37H60O12. The normalized spacial score (nSPS) is 58.7.